The lowest BCUT2D eigenvalue weighted by molar-refractivity contribution is 0.140. The maximum atomic E-state index is 9.96. The number of piperazine rings is 1. The summed E-state index contributed by atoms with van der Waals surface area (Å²) in [5.41, 5.74) is 0.405. The number of aliphatic hydroxyl groups excluding tert-OH is 1. The maximum Gasteiger partial charge on any atom is 0.0540 e. The fraction of sp³-hybridized carbons (Fsp3) is 1.00. The lowest BCUT2D eigenvalue weighted by atomic mass is 9.89. The lowest BCUT2D eigenvalue weighted by Gasteiger charge is -2.27. The Morgan fingerprint density at radius 2 is 1.68 bits per heavy atom. The zero-order valence-electron chi connectivity index (χ0n) is 13.2. The molecular weight excluding hydrogens is 236 g/mol. The number of unbranched alkanes of at least 4 members (excludes halogenated alkanes) is 1. The van der Waals surface area contributed by atoms with Crippen LogP contribution in [0, 0.1) is 5.41 Å². The van der Waals surface area contributed by atoms with Crippen LogP contribution in [0.2, 0.25) is 0 Å². The Kier molecular flexibility index (Phi) is 7.96. The molecule has 1 saturated heterocycles. The van der Waals surface area contributed by atoms with Crippen LogP contribution in [-0.4, -0.2) is 48.8 Å². The minimum Gasteiger partial charge on any atom is -0.393 e. The number of nitrogens with zero attached hydrogens (tertiary/aromatic N) is 1. The van der Waals surface area contributed by atoms with Crippen LogP contribution in [-0.2, 0) is 0 Å². The maximum absolute atomic E-state index is 9.96. The molecular formula is C16H34N2O. The molecule has 2 N–H and O–H groups in total. The molecule has 1 heterocycles. The summed E-state index contributed by atoms with van der Waals surface area (Å²) in [6.07, 6.45) is 6.65. The van der Waals surface area contributed by atoms with Crippen molar-refractivity contribution >= 4 is 0 Å². The number of hydrogen-bond donors (Lipinski definition) is 2. The molecule has 114 valence electrons. The van der Waals surface area contributed by atoms with E-state index in [9.17, 15) is 5.11 Å². The van der Waals surface area contributed by atoms with Crippen molar-refractivity contribution < 1.29 is 5.11 Å². The van der Waals surface area contributed by atoms with E-state index in [1.165, 1.54) is 38.9 Å². The first-order valence-corrected chi connectivity index (χ1v) is 8.08. The molecule has 0 aromatic heterocycles. The van der Waals surface area contributed by atoms with E-state index < -0.39 is 0 Å². The third-order valence-electron chi connectivity index (χ3n) is 3.94. The van der Waals surface area contributed by atoms with Crippen molar-refractivity contribution in [1.29, 1.82) is 0 Å². The van der Waals surface area contributed by atoms with E-state index in [1.54, 1.807) is 0 Å². The largest absolute Gasteiger partial charge is 0.393 e. The molecule has 1 atom stereocenters. The average molecular weight is 270 g/mol. The molecule has 3 nitrogen and oxygen atoms in total. The van der Waals surface area contributed by atoms with E-state index in [0.29, 0.717) is 5.41 Å². The average Bonchev–Trinajstić information content (AvgIpc) is 2.34. The summed E-state index contributed by atoms with van der Waals surface area (Å²) in [5, 5.41) is 13.3. The van der Waals surface area contributed by atoms with Crippen LogP contribution in [0.3, 0.4) is 0 Å². The van der Waals surface area contributed by atoms with Crippen LogP contribution in [0.15, 0.2) is 0 Å². The molecule has 0 aromatic rings. The first-order valence-electron chi connectivity index (χ1n) is 8.08. The Bertz CT molecular complexity index is 219. The molecule has 1 aliphatic heterocycles. The highest BCUT2D eigenvalue weighted by Crippen LogP contribution is 2.22. The molecule has 0 aromatic carbocycles. The number of rotatable bonds is 8. The monoisotopic (exact) mass is 270 g/mol. The van der Waals surface area contributed by atoms with E-state index in [1.807, 2.05) is 0 Å². The minimum absolute atomic E-state index is 0.0784. The summed E-state index contributed by atoms with van der Waals surface area (Å²) in [6, 6.07) is 0. The van der Waals surface area contributed by atoms with Crippen LogP contribution in [0.25, 0.3) is 0 Å². The van der Waals surface area contributed by atoms with Gasteiger partial charge in [0.05, 0.1) is 6.10 Å². The summed E-state index contributed by atoms with van der Waals surface area (Å²) >= 11 is 0. The highest BCUT2D eigenvalue weighted by Gasteiger charge is 2.12. The minimum atomic E-state index is -0.0784. The van der Waals surface area contributed by atoms with E-state index in [4.69, 9.17) is 0 Å². The Morgan fingerprint density at radius 3 is 2.32 bits per heavy atom. The van der Waals surface area contributed by atoms with E-state index in [2.05, 4.69) is 31.0 Å². The third kappa shape index (κ3) is 9.42. The first kappa shape index (κ1) is 16.9. The summed E-state index contributed by atoms with van der Waals surface area (Å²) in [7, 11) is 0. The Morgan fingerprint density at radius 1 is 1.05 bits per heavy atom. The van der Waals surface area contributed by atoms with Gasteiger partial charge < -0.3 is 15.3 Å². The third-order valence-corrected chi connectivity index (χ3v) is 3.94. The smallest absolute Gasteiger partial charge is 0.0540 e. The molecule has 19 heavy (non-hydrogen) atoms. The van der Waals surface area contributed by atoms with Gasteiger partial charge in [0.25, 0.3) is 0 Å². The molecule has 1 rings (SSSR count). The highest BCUT2D eigenvalue weighted by molar-refractivity contribution is 4.68. The van der Waals surface area contributed by atoms with Gasteiger partial charge in [0.2, 0.25) is 0 Å². The zero-order chi connectivity index (χ0) is 14.1. The van der Waals surface area contributed by atoms with Gasteiger partial charge in [-0.1, -0.05) is 27.2 Å². The van der Waals surface area contributed by atoms with Crippen LogP contribution in [0.4, 0.5) is 0 Å². The predicted molar refractivity (Wildman–Crippen MR) is 82.5 cm³/mol. The van der Waals surface area contributed by atoms with Gasteiger partial charge >= 0.3 is 0 Å². The molecule has 0 amide bonds. The van der Waals surface area contributed by atoms with Gasteiger partial charge in [0, 0.05) is 26.2 Å². The first-order chi connectivity index (χ1) is 8.97. The molecule has 3 heteroatoms. The second-order valence-electron chi connectivity index (χ2n) is 7.19. The fourth-order valence-electron chi connectivity index (χ4n) is 2.66. The van der Waals surface area contributed by atoms with Crippen LogP contribution < -0.4 is 5.32 Å². The topological polar surface area (TPSA) is 35.5 Å². The van der Waals surface area contributed by atoms with Gasteiger partial charge in [-0.15, -0.1) is 0 Å². The van der Waals surface area contributed by atoms with Gasteiger partial charge in [-0.05, 0) is 44.1 Å². The van der Waals surface area contributed by atoms with Gasteiger partial charge in [0.1, 0.15) is 0 Å². The van der Waals surface area contributed by atoms with Crippen molar-refractivity contribution in [3.05, 3.63) is 0 Å². The van der Waals surface area contributed by atoms with Crippen LogP contribution in [0.5, 0.6) is 0 Å². The van der Waals surface area contributed by atoms with Crippen molar-refractivity contribution in [3.63, 3.8) is 0 Å². The molecule has 0 aliphatic carbocycles. The SMILES string of the molecule is CC(C)(C)CCC[C@H](O)CCCCN1CCNCC1. The van der Waals surface area contributed by atoms with Crippen LogP contribution in [0.1, 0.15) is 59.3 Å². The highest BCUT2D eigenvalue weighted by atomic mass is 16.3. The predicted octanol–water partition coefficient (Wildman–Crippen LogP) is 2.64. The fourth-order valence-corrected chi connectivity index (χ4v) is 2.66. The second-order valence-corrected chi connectivity index (χ2v) is 7.19. The molecule has 1 aliphatic rings. The number of hydrogen-bond acceptors (Lipinski definition) is 3. The zero-order valence-corrected chi connectivity index (χ0v) is 13.2. The van der Waals surface area contributed by atoms with Crippen LogP contribution >= 0.6 is 0 Å². The number of nitrogens with one attached hydrogen (secondary N) is 1. The Hall–Kier alpha value is -0.120. The summed E-state index contributed by atoms with van der Waals surface area (Å²) < 4.78 is 0. The standard InChI is InChI=1S/C16H34N2O/c1-16(2,3)9-6-8-15(19)7-4-5-12-18-13-10-17-11-14-18/h15,17,19H,4-14H2,1-3H3/t15-/m1/s1. The molecule has 1 fully saturated rings. The normalized spacial score (nSPS) is 19.6. The van der Waals surface area contributed by atoms with Gasteiger partial charge in [-0.3, -0.25) is 0 Å². The van der Waals surface area contributed by atoms with E-state index >= 15 is 0 Å². The summed E-state index contributed by atoms with van der Waals surface area (Å²) in [4.78, 5) is 2.53. The van der Waals surface area contributed by atoms with Crippen molar-refractivity contribution in [1.82, 2.24) is 10.2 Å². The Labute approximate surface area is 119 Å². The van der Waals surface area contributed by atoms with Crippen molar-refractivity contribution in [2.45, 2.75) is 65.4 Å². The van der Waals surface area contributed by atoms with Gasteiger partial charge in [0.15, 0.2) is 0 Å². The number of aliphatic hydroxyl groups is 1. The molecule has 0 radical (unpaired) electrons. The van der Waals surface area contributed by atoms with Crippen molar-refractivity contribution in [3.8, 4) is 0 Å². The van der Waals surface area contributed by atoms with E-state index in [-0.39, 0.29) is 6.10 Å². The molecule has 0 unspecified atom stereocenters. The summed E-state index contributed by atoms with van der Waals surface area (Å²) in [6.45, 7) is 12.7. The molecule has 0 saturated carbocycles. The summed E-state index contributed by atoms with van der Waals surface area (Å²) in [5.74, 6) is 0. The Balaban J connectivity index is 1.93. The quantitative estimate of drug-likeness (QED) is 0.666. The van der Waals surface area contributed by atoms with E-state index in [0.717, 1.165) is 32.4 Å². The van der Waals surface area contributed by atoms with Gasteiger partial charge in [-0.2, -0.15) is 0 Å². The van der Waals surface area contributed by atoms with Gasteiger partial charge in [-0.25, -0.2) is 0 Å². The van der Waals surface area contributed by atoms with Crippen molar-refractivity contribution in [2.24, 2.45) is 5.41 Å². The molecule has 0 bridgehead atoms. The lowest BCUT2D eigenvalue weighted by Crippen LogP contribution is -2.43. The molecule has 0 spiro atoms. The van der Waals surface area contributed by atoms with Crippen molar-refractivity contribution in [2.75, 3.05) is 32.7 Å². The second kappa shape index (κ2) is 8.93.